The third kappa shape index (κ3) is 2.56. The molecule has 2 aromatic rings. The molecule has 0 spiro atoms. The van der Waals surface area contributed by atoms with Crippen molar-refractivity contribution >= 4 is 23.0 Å². The lowest BCUT2D eigenvalue weighted by atomic mass is 10.2. The van der Waals surface area contributed by atoms with E-state index in [-0.39, 0.29) is 17.7 Å². The summed E-state index contributed by atoms with van der Waals surface area (Å²) in [6, 6.07) is 0.552. The van der Waals surface area contributed by atoms with Crippen molar-refractivity contribution in [1.29, 1.82) is 0 Å². The minimum atomic E-state index is -0.861. The second-order valence-corrected chi connectivity index (χ2v) is 4.59. The highest BCUT2D eigenvalue weighted by molar-refractivity contribution is 7.09. The maximum atomic E-state index is 13.5. The maximum absolute atomic E-state index is 13.5. The van der Waals surface area contributed by atoms with Crippen molar-refractivity contribution in [3.8, 4) is 0 Å². The zero-order chi connectivity index (χ0) is 13.1. The molecule has 96 valence electrons. The number of pyridine rings is 1. The van der Waals surface area contributed by atoms with Gasteiger partial charge in [-0.15, -0.1) is 11.3 Å². The van der Waals surface area contributed by atoms with Gasteiger partial charge in [0, 0.05) is 17.6 Å². The lowest BCUT2D eigenvalue weighted by Crippen LogP contribution is -2.13. The van der Waals surface area contributed by atoms with Crippen molar-refractivity contribution in [1.82, 2.24) is 9.97 Å². The van der Waals surface area contributed by atoms with Crippen LogP contribution in [0.25, 0.3) is 0 Å². The Morgan fingerprint density at radius 2 is 2.22 bits per heavy atom. The van der Waals surface area contributed by atoms with Gasteiger partial charge in [0.05, 0.1) is 6.04 Å². The van der Waals surface area contributed by atoms with Gasteiger partial charge in [-0.3, -0.25) is 0 Å². The van der Waals surface area contributed by atoms with Crippen LogP contribution in [0, 0.1) is 11.6 Å². The van der Waals surface area contributed by atoms with Crippen molar-refractivity contribution in [2.24, 2.45) is 0 Å². The Kier molecular flexibility index (Phi) is 3.71. The van der Waals surface area contributed by atoms with E-state index >= 15 is 0 Å². The van der Waals surface area contributed by atoms with E-state index in [0.717, 1.165) is 11.1 Å². The largest absolute Gasteiger partial charge is 0.381 e. The molecule has 7 heteroatoms. The number of halogens is 2. The molecule has 0 radical (unpaired) electrons. The Bertz CT molecular complexity index is 530. The first-order chi connectivity index (χ1) is 8.61. The van der Waals surface area contributed by atoms with Crippen molar-refractivity contribution in [2.75, 3.05) is 11.1 Å². The third-order valence-corrected chi connectivity index (χ3v) is 3.31. The van der Waals surface area contributed by atoms with Crippen molar-refractivity contribution in [3.05, 3.63) is 34.3 Å². The molecule has 0 aliphatic rings. The zero-order valence-electron chi connectivity index (χ0n) is 9.65. The average Bonchev–Trinajstić information content (AvgIpc) is 2.85. The van der Waals surface area contributed by atoms with Crippen molar-refractivity contribution in [2.45, 2.75) is 19.4 Å². The number of aromatic nitrogens is 2. The van der Waals surface area contributed by atoms with E-state index in [4.69, 9.17) is 5.73 Å². The minimum Gasteiger partial charge on any atom is -0.381 e. The number of nitrogen functional groups attached to an aromatic ring is 1. The number of thiazole rings is 1. The molecular weight excluding hydrogens is 258 g/mol. The van der Waals surface area contributed by atoms with Crippen LogP contribution in [-0.2, 0) is 0 Å². The number of rotatable bonds is 4. The number of anilines is 2. The molecule has 2 aromatic heterocycles. The molecule has 0 amide bonds. The number of hydrogen-bond donors (Lipinski definition) is 2. The SMILES string of the molecule is CCC(Nc1nc(N)c(F)cc1F)c1nccs1. The van der Waals surface area contributed by atoms with Crippen LogP contribution in [0.4, 0.5) is 20.4 Å². The van der Waals surface area contributed by atoms with Gasteiger partial charge in [0.2, 0.25) is 0 Å². The van der Waals surface area contributed by atoms with Gasteiger partial charge in [-0.1, -0.05) is 6.92 Å². The Hall–Kier alpha value is -1.76. The molecule has 1 atom stereocenters. The van der Waals surface area contributed by atoms with E-state index in [2.05, 4.69) is 15.3 Å². The predicted octanol–water partition coefficient (Wildman–Crippen LogP) is 2.96. The van der Waals surface area contributed by atoms with Crippen molar-refractivity contribution in [3.63, 3.8) is 0 Å². The molecule has 0 aromatic carbocycles. The number of nitrogens with one attached hydrogen (secondary N) is 1. The number of hydrogen-bond acceptors (Lipinski definition) is 5. The summed E-state index contributed by atoms with van der Waals surface area (Å²) in [5, 5.41) is 5.54. The fourth-order valence-corrected chi connectivity index (χ4v) is 2.26. The topological polar surface area (TPSA) is 63.8 Å². The first kappa shape index (κ1) is 12.7. The van der Waals surface area contributed by atoms with E-state index in [1.807, 2.05) is 12.3 Å². The molecule has 18 heavy (non-hydrogen) atoms. The van der Waals surface area contributed by atoms with Crippen LogP contribution >= 0.6 is 11.3 Å². The normalized spacial score (nSPS) is 12.4. The van der Waals surface area contributed by atoms with E-state index < -0.39 is 11.6 Å². The van der Waals surface area contributed by atoms with Gasteiger partial charge in [0.1, 0.15) is 5.01 Å². The van der Waals surface area contributed by atoms with Crippen molar-refractivity contribution < 1.29 is 8.78 Å². The summed E-state index contributed by atoms with van der Waals surface area (Å²) in [7, 11) is 0. The van der Waals surface area contributed by atoms with Gasteiger partial charge in [-0.25, -0.2) is 18.7 Å². The Balaban J connectivity index is 2.25. The van der Waals surface area contributed by atoms with Crippen LogP contribution in [0.3, 0.4) is 0 Å². The standard InChI is InChI=1S/C11H12F2N4S/c1-2-8(11-15-3-4-18-11)16-10-7(13)5-6(12)9(14)17-10/h3-5,8H,2H2,1H3,(H3,14,16,17). The van der Waals surface area contributed by atoms with Gasteiger partial charge in [-0.05, 0) is 6.42 Å². The highest BCUT2D eigenvalue weighted by Crippen LogP contribution is 2.25. The molecular formula is C11H12F2N4S. The molecule has 2 heterocycles. The molecule has 0 aliphatic heterocycles. The third-order valence-electron chi connectivity index (χ3n) is 2.43. The lowest BCUT2D eigenvalue weighted by molar-refractivity contribution is 0.576. The molecule has 0 aliphatic carbocycles. The van der Waals surface area contributed by atoms with Crippen LogP contribution in [0.2, 0.25) is 0 Å². The van der Waals surface area contributed by atoms with Crippen LogP contribution in [0.1, 0.15) is 24.4 Å². The van der Waals surface area contributed by atoms with E-state index in [1.54, 1.807) is 6.20 Å². The second-order valence-electron chi connectivity index (χ2n) is 3.66. The quantitative estimate of drug-likeness (QED) is 0.896. The minimum absolute atomic E-state index is 0.0593. The Labute approximate surface area is 107 Å². The molecule has 3 N–H and O–H groups in total. The highest BCUT2D eigenvalue weighted by atomic mass is 32.1. The molecule has 0 saturated carbocycles. The van der Waals surface area contributed by atoms with Gasteiger partial charge >= 0.3 is 0 Å². The smallest absolute Gasteiger partial charge is 0.168 e. The summed E-state index contributed by atoms with van der Waals surface area (Å²) < 4.78 is 26.5. The summed E-state index contributed by atoms with van der Waals surface area (Å²) in [6.07, 6.45) is 2.37. The summed E-state index contributed by atoms with van der Waals surface area (Å²) >= 11 is 1.46. The summed E-state index contributed by atoms with van der Waals surface area (Å²) in [6.45, 7) is 1.93. The number of nitrogens with zero attached hydrogens (tertiary/aromatic N) is 2. The molecule has 4 nitrogen and oxygen atoms in total. The fourth-order valence-electron chi connectivity index (χ4n) is 1.49. The van der Waals surface area contributed by atoms with Crippen LogP contribution in [0.15, 0.2) is 17.6 Å². The van der Waals surface area contributed by atoms with Gasteiger partial charge < -0.3 is 11.1 Å². The average molecular weight is 270 g/mol. The Morgan fingerprint density at radius 1 is 1.44 bits per heavy atom. The van der Waals surface area contributed by atoms with E-state index in [9.17, 15) is 8.78 Å². The summed E-state index contributed by atoms with van der Waals surface area (Å²) in [5.41, 5.74) is 5.32. The Morgan fingerprint density at radius 3 is 2.83 bits per heavy atom. The molecule has 0 saturated heterocycles. The summed E-state index contributed by atoms with van der Waals surface area (Å²) in [4.78, 5) is 7.82. The summed E-state index contributed by atoms with van der Waals surface area (Å²) in [5.74, 6) is -2.01. The fraction of sp³-hybridized carbons (Fsp3) is 0.273. The van der Waals surface area contributed by atoms with Gasteiger partial charge in [0.15, 0.2) is 23.3 Å². The predicted molar refractivity (Wildman–Crippen MR) is 67.3 cm³/mol. The molecule has 0 fully saturated rings. The van der Waals surface area contributed by atoms with E-state index in [1.165, 1.54) is 11.3 Å². The van der Waals surface area contributed by atoms with Crippen LogP contribution in [-0.4, -0.2) is 9.97 Å². The van der Waals surface area contributed by atoms with E-state index in [0.29, 0.717) is 6.42 Å². The highest BCUT2D eigenvalue weighted by Gasteiger charge is 2.16. The molecule has 1 unspecified atom stereocenters. The molecule has 2 rings (SSSR count). The van der Waals surface area contributed by atoms with Crippen LogP contribution in [0.5, 0.6) is 0 Å². The van der Waals surface area contributed by atoms with Gasteiger partial charge in [-0.2, -0.15) is 0 Å². The lowest BCUT2D eigenvalue weighted by Gasteiger charge is -2.15. The molecule has 0 bridgehead atoms. The number of nitrogens with two attached hydrogens (primary N) is 1. The monoisotopic (exact) mass is 270 g/mol. The van der Waals surface area contributed by atoms with Crippen LogP contribution < -0.4 is 11.1 Å². The first-order valence-electron chi connectivity index (χ1n) is 5.39. The first-order valence-corrected chi connectivity index (χ1v) is 6.27. The zero-order valence-corrected chi connectivity index (χ0v) is 10.5. The second kappa shape index (κ2) is 5.26. The maximum Gasteiger partial charge on any atom is 0.168 e. The van der Waals surface area contributed by atoms with Gasteiger partial charge in [0.25, 0.3) is 0 Å².